The van der Waals surface area contributed by atoms with E-state index < -0.39 is 29.6 Å². The molecule has 14 heteroatoms. The second kappa shape index (κ2) is 20.1. The number of rotatable bonds is 17. The maximum atomic E-state index is 14.0. The molecular weight excluding hydrogens is 719 g/mol. The fourth-order valence-corrected chi connectivity index (χ4v) is 7.35. The Hall–Kier alpha value is -4.24. The van der Waals surface area contributed by atoms with E-state index >= 15 is 0 Å². The van der Waals surface area contributed by atoms with Gasteiger partial charge >= 0.3 is 6.03 Å². The molecule has 1 fully saturated rings. The molecule has 2 aromatic carbocycles. The minimum atomic E-state index is -0.999. The monoisotopic (exact) mass is 779 g/mol. The lowest BCUT2D eigenvalue weighted by atomic mass is 9.93. The minimum absolute atomic E-state index is 0.0921. The molecule has 13 nitrogen and oxygen atoms in total. The van der Waals surface area contributed by atoms with Gasteiger partial charge in [0.15, 0.2) is 11.5 Å². The van der Waals surface area contributed by atoms with Gasteiger partial charge in [-0.1, -0.05) is 50.2 Å². The molecule has 0 bridgehead atoms. The molecule has 302 valence electrons. The van der Waals surface area contributed by atoms with Crippen LogP contribution >= 0.6 is 11.3 Å². The first-order valence-electron chi connectivity index (χ1n) is 19.0. The predicted octanol–water partition coefficient (Wildman–Crippen LogP) is 4.07. The maximum absolute atomic E-state index is 14.0. The summed E-state index contributed by atoms with van der Waals surface area (Å²) in [5.74, 6) is 0.284. The summed E-state index contributed by atoms with van der Waals surface area (Å²) >= 11 is 1.53. The van der Waals surface area contributed by atoms with Crippen LogP contribution in [0.15, 0.2) is 53.9 Å². The Morgan fingerprint density at radius 2 is 1.75 bits per heavy atom. The first-order chi connectivity index (χ1) is 26.1. The van der Waals surface area contributed by atoms with E-state index in [-0.39, 0.29) is 36.9 Å². The third-order valence-corrected chi connectivity index (χ3v) is 10.6. The van der Waals surface area contributed by atoms with Crippen LogP contribution in [0.2, 0.25) is 0 Å². The van der Waals surface area contributed by atoms with E-state index in [1.165, 1.54) is 11.3 Å². The number of nitrogens with zero attached hydrogens (tertiary/aromatic N) is 4. The lowest BCUT2D eigenvalue weighted by Crippen LogP contribution is -2.63. The summed E-state index contributed by atoms with van der Waals surface area (Å²) in [5.41, 5.74) is 2.35. The highest BCUT2D eigenvalue weighted by Gasteiger charge is 2.37. The van der Waals surface area contributed by atoms with Crippen LogP contribution in [0.25, 0.3) is 0 Å². The van der Waals surface area contributed by atoms with Crippen molar-refractivity contribution in [2.75, 3.05) is 54.0 Å². The molecule has 0 spiro atoms. The summed E-state index contributed by atoms with van der Waals surface area (Å²) in [4.78, 5) is 51.1. The number of thiazole rings is 1. The average molecular weight is 780 g/mol. The Morgan fingerprint density at radius 3 is 2.36 bits per heavy atom. The number of methoxy groups -OCH3 is 2. The van der Waals surface area contributed by atoms with Gasteiger partial charge in [-0.2, -0.15) is 0 Å². The largest absolute Gasteiger partial charge is 0.493 e. The number of hydrogen-bond donors (Lipinski definition) is 4. The molecule has 4 amide bonds. The molecule has 0 unspecified atom stereocenters. The number of amides is 4. The molecule has 0 aliphatic carbocycles. The Balaban J connectivity index is 1.48. The van der Waals surface area contributed by atoms with E-state index in [9.17, 15) is 19.5 Å². The summed E-state index contributed by atoms with van der Waals surface area (Å²) in [6.07, 6.45) is -0.611. The third-order valence-electron chi connectivity index (χ3n) is 9.77. The molecule has 4 N–H and O–H groups in total. The molecule has 2 heterocycles. The topological polar surface area (TPSA) is 149 Å². The highest BCUT2D eigenvalue weighted by molar-refractivity contribution is 7.09. The number of hydrogen-bond acceptors (Lipinski definition) is 10. The summed E-state index contributed by atoms with van der Waals surface area (Å²) in [7, 11) is 4.92. The first-order valence-corrected chi connectivity index (χ1v) is 19.9. The van der Waals surface area contributed by atoms with Crippen molar-refractivity contribution in [1.29, 1.82) is 0 Å². The summed E-state index contributed by atoms with van der Waals surface area (Å²) in [6.45, 7) is 14.6. The van der Waals surface area contributed by atoms with Gasteiger partial charge in [0.2, 0.25) is 11.8 Å². The maximum Gasteiger partial charge on any atom is 0.317 e. The Bertz CT molecular complexity index is 1700. The lowest BCUT2D eigenvalue weighted by Gasteiger charge is -2.43. The zero-order valence-corrected chi connectivity index (χ0v) is 34.7. The van der Waals surface area contributed by atoms with Crippen LogP contribution in [0.5, 0.6) is 11.5 Å². The van der Waals surface area contributed by atoms with Gasteiger partial charge in [-0.25, -0.2) is 9.78 Å². The highest BCUT2D eigenvalue weighted by Crippen LogP contribution is 2.28. The van der Waals surface area contributed by atoms with Crippen molar-refractivity contribution in [3.8, 4) is 11.5 Å². The van der Waals surface area contributed by atoms with Crippen LogP contribution in [-0.2, 0) is 29.1 Å². The summed E-state index contributed by atoms with van der Waals surface area (Å²) in [6, 6.07) is 14.1. The van der Waals surface area contributed by atoms with Gasteiger partial charge in [0.25, 0.3) is 0 Å². The lowest BCUT2D eigenvalue weighted by molar-refractivity contribution is -0.132. The molecular formula is C41H61N7O6S. The van der Waals surface area contributed by atoms with Gasteiger partial charge < -0.3 is 35.4 Å². The fourth-order valence-electron chi connectivity index (χ4n) is 6.75. The van der Waals surface area contributed by atoms with Crippen LogP contribution < -0.4 is 25.4 Å². The standard InChI is InChI=1S/C41H61N7O6S/c1-27(2)32(21-42-40(52)46(7)23-31-26-55-28(3)43-31)38(50)44-33(19-29-13-11-10-12-14-29)35(49)25-48-18-17-47(24-34(48)39(51)45-41(4,5)6)22-30-15-16-36(53-8)37(20-30)54-9/h10-16,20,26-27,32-35,49H,17-19,21-25H2,1-9H3,(H,42,52)(H,44,50)(H,45,51)/t32-,33+,34+,35-/m0/s1. The average Bonchev–Trinajstić information content (AvgIpc) is 3.55. The van der Waals surface area contributed by atoms with E-state index in [0.717, 1.165) is 21.8 Å². The molecule has 3 aromatic rings. The molecule has 1 aliphatic rings. The van der Waals surface area contributed by atoms with Gasteiger partial charge in [-0.3, -0.25) is 19.4 Å². The van der Waals surface area contributed by atoms with E-state index in [0.29, 0.717) is 50.6 Å². The third kappa shape index (κ3) is 13.2. The highest BCUT2D eigenvalue weighted by atomic mass is 32.1. The zero-order valence-electron chi connectivity index (χ0n) is 33.9. The van der Waals surface area contributed by atoms with Crippen LogP contribution in [0.1, 0.15) is 56.4 Å². The second-order valence-corrected chi connectivity index (χ2v) is 16.9. The SMILES string of the molecule is COc1ccc(CN2CCN(C[C@H](O)[C@@H](Cc3ccccc3)NC(=O)[C@@H](CNC(=O)N(C)Cc3csc(C)n3)C(C)C)[C@@H](C(=O)NC(C)(C)C)C2)cc1OC. The molecule has 1 saturated heterocycles. The predicted molar refractivity (Wildman–Crippen MR) is 216 cm³/mol. The molecule has 1 aromatic heterocycles. The number of benzene rings is 2. The summed E-state index contributed by atoms with van der Waals surface area (Å²) in [5, 5.41) is 24.1. The number of piperazine rings is 1. The number of nitrogens with one attached hydrogen (secondary N) is 3. The van der Waals surface area contributed by atoms with Crippen LogP contribution in [-0.4, -0.2) is 120 Å². The number of urea groups is 1. The molecule has 4 rings (SSSR count). The van der Waals surface area contributed by atoms with Crippen LogP contribution in [0.3, 0.4) is 0 Å². The van der Waals surface area contributed by atoms with Crippen molar-refractivity contribution < 1.29 is 29.0 Å². The number of carbonyl (C=O) groups is 3. The molecule has 0 saturated carbocycles. The Labute approximate surface area is 330 Å². The number of β-amino-alcohol motifs (C(OH)–C–C–N with tert-alkyl or cyclic N) is 1. The first kappa shape index (κ1) is 43.5. The second-order valence-electron chi connectivity index (χ2n) is 15.8. The van der Waals surface area contributed by atoms with Crippen molar-refractivity contribution >= 4 is 29.2 Å². The van der Waals surface area contributed by atoms with E-state index in [2.05, 4.69) is 25.8 Å². The van der Waals surface area contributed by atoms with Gasteiger partial charge in [-0.05, 0) is 63.3 Å². The van der Waals surface area contributed by atoms with Crippen molar-refractivity contribution in [1.82, 2.24) is 35.6 Å². The number of aliphatic hydroxyl groups excluding tert-OH is 1. The number of carbonyl (C=O) groups excluding carboxylic acids is 3. The van der Waals surface area contributed by atoms with E-state index in [1.54, 1.807) is 26.2 Å². The number of aromatic nitrogens is 1. The van der Waals surface area contributed by atoms with Crippen molar-refractivity contribution in [3.63, 3.8) is 0 Å². The smallest absolute Gasteiger partial charge is 0.317 e. The Morgan fingerprint density at radius 1 is 1.04 bits per heavy atom. The fraction of sp³-hybridized carbons (Fsp3) is 0.561. The van der Waals surface area contributed by atoms with Crippen molar-refractivity contribution in [2.45, 2.75) is 84.8 Å². The normalized spacial score (nSPS) is 16.9. The van der Waals surface area contributed by atoms with Gasteiger partial charge in [0.05, 0.1) is 49.5 Å². The van der Waals surface area contributed by atoms with Gasteiger partial charge in [0.1, 0.15) is 6.04 Å². The van der Waals surface area contributed by atoms with Gasteiger partial charge in [0, 0.05) is 57.2 Å². The molecule has 0 radical (unpaired) electrons. The van der Waals surface area contributed by atoms with E-state index in [4.69, 9.17) is 9.47 Å². The summed E-state index contributed by atoms with van der Waals surface area (Å²) < 4.78 is 10.9. The Kier molecular flexibility index (Phi) is 15.9. The number of aryl methyl sites for hydroxylation is 1. The quantitative estimate of drug-likeness (QED) is 0.159. The number of ether oxygens (including phenoxy) is 2. The van der Waals surface area contributed by atoms with Crippen molar-refractivity contribution in [3.05, 3.63) is 75.7 Å². The molecule has 55 heavy (non-hydrogen) atoms. The molecule has 1 aliphatic heterocycles. The zero-order chi connectivity index (χ0) is 40.3. The number of aliphatic hydroxyl groups is 1. The minimum Gasteiger partial charge on any atom is -0.493 e. The van der Waals surface area contributed by atoms with Crippen LogP contribution in [0, 0.1) is 18.8 Å². The van der Waals surface area contributed by atoms with Gasteiger partial charge in [-0.15, -0.1) is 11.3 Å². The van der Waals surface area contributed by atoms with Crippen molar-refractivity contribution in [2.24, 2.45) is 11.8 Å². The van der Waals surface area contributed by atoms with E-state index in [1.807, 2.05) is 100 Å². The van der Waals surface area contributed by atoms with Crippen LogP contribution in [0.4, 0.5) is 4.79 Å². The molecule has 4 atom stereocenters.